The molecule has 14 heteroatoms. The number of rotatable bonds is 11. The van der Waals surface area contributed by atoms with Crippen molar-refractivity contribution in [2.75, 3.05) is 46.0 Å². The van der Waals surface area contributed by atoms with Crippen LogP contribution in [0.25, 0.3) is 0 Å². The molecule has 14 nitrogen and oxygen atoms in total. The Hall–Kier alpha value is -4.04. The van der Waals surface area contributed by atoms with E-state index in [-0.39, 0.29) is 48.9 Å². The van der Waals surface area contributed by atoms with Crippen molar-refractivity contribution in [3.63, 3.8) is 0 Å². The molecule has 1 atom stereocenters. The van der Waals surface area contributed by atoms with Crippen LogP contribution in [0.2, 0.25) is 0 Å². The summed E-state index contributed by atoms with van der Waals surface area (Å²) in [5.41, 5.74) is -0.468. The van der Waals surface area contributed by atoms with Gasteiger partial charge in [-0.05, 0) is 52.2 Å². The van der Waals surface area contributed by atoms with Crippen molar-refractivity contribution >= 4 is 35.6 Å². The molecule has 1 unspecified atom stereocenters. The second-order valence-corrected chi connectivity index (χ2v) is 11.6. The molecule has 2 fully saturated rings. The molecule has 3 aliphatic rings. The highest BCUT2D eigenvalue weighted by Crippen LogP contribution is 2.33. The van der Waals surface area contributed by atoms with E-state index in [1.807, 2.05) is 20.8 Å². The third-order valence-electron chi connectivity index (χ3n) is 7.22. The molecule has 1 aromatic rings. The highest BCUT2D eigenvalue weighted by Gasteiger charge is 2.46. The van der Waals surface area contributed by atoms with Crippen molar-refractivity contribution in [1.29, 1.82) is 0 Å². The number of benzene rings is 1. The average molecular weight is 602 g/mol. The van der Waals surface area contributed by atoms with Crippen molar-refractivity contribution < 1.29 is 43.0 Å². The first-order valence-corrected chi connectivity index (χ1v) is 14.5. The molecule has 0 radical (unpaired) electrons. The molecule has 0 spiro atoms. The van der Waals surface area contributed by atoms with E-state index >= 15 is 0 Å². The number of piperidine rings is 2. The Bertz CT molecular complexity index is 1250. The normalized spacial score (nSPS) is 19.6. The van der Waals surface area contributed by atoms with Crippen molar-refractivity contribution in [2.24, 2.45) is 0 Å². The van der Waals surface area contributed by atoms with Gasteiger partial charge in [-0.1, -0.05) is 6.07 Å². The zero-order chi connectivity index (χ0) is 31.1. The number of ether oxygens (including phenoxy) is 3. The van der Waals surface area contributed by atoms with Crippen LogP contribution in [0.3, 0.4) is 0 Å². The summed E-state index contributed by atoms with van der Waals surface area (Å²) in [5, 5.41) is 7.76. The summed E-state index contributed by atoms with van der Waals surface area (Å²) in [6.45, 7) is 8.57. The molecule has 3 aliphatic heterocycles. The number of likely N-dealkylation sites (tertiary alicyclic amines) is 1. The fraction of sp³-hybridized carbons (Fsp3) is 0.586. The Morgan fingerprint density at radius 2 is 1.77 bits per heavy atom. The van der Waals surface area contributed by atoms with E-state index in [1.54, 1.807) is 0 Å². The highest BCUT2D eigenvalue weighted by molar-refractivity contribution is 6.24. The van der Waals surface area contributed by atoms with E-state index in [9.17, 15) is 28.8 Å². The van der Waals surface area contributed by atoms with Gasteiger partial charge in [0, 0.05) is 38.6 Å². The molecule has 3 N–H and O–H groups in total. The third kappa shape index (κ3) is 8.51. The van der Waals surface area contributed by atoms with Crippen molar-refractivity contribution in [1.82, 2.24) is 25.8 Å². The second kappa shape index (κ2) is 14.0. The van der Waals surface area contributed by atoms with Gasteiger partial charge in [0.25, 0.3) is 17.7 Å². The first-order chi connectivity index (χ1) is 20.4. The number of hydrogen-bond acceptors (Lipinski definition) is 10. The van der Waals surface area contributed by atoms with Crippen molar-refractivity contribution in [3.8, 4) is 5.75 Å². The molecule has 0 aliphatic carbocycles. The molecule has 0 bridgehead atoms. The molecule has 4 rings (SSSR count). The number of carbonyl (C=O) groups excluding carboxylic acids is 6. The number of carbonyl (C=O) groups is 6. The number of amides is 6. The van der Waals surface area contributed by atoms with E-state index in [0.29, 0.717) is 13.2 Å². The SMILES string of the molecule is CC(C)(C)OC(=O)NC1CCN(CCOCCNC(=O)COc2cccc3c2C(=O)N(C2CCC(=O)NC2=O)C3=O)CC1. The smallest absolute Gasteiger partial charge is 0.407 e. The summed E-state index contributed by atoms with van der Waals surface area (Å²) in [7, 11) is 0. The lowest BCUT2D eigenvalue weighted by Crippen LogP contribution is -2.54. The molecular formula is C29H39N5O9. The minimum atomic E-state index is -1.09. The molecule has 43 heavy (non-hydrogen) atoms. The summed E-state index contributed by atoms with van der Waals surface area (Å²) in [4.78, 5) is 77.1. The average Bonchev–Trinajstić information content (AvgIpc) is 3.19. The topological polar surface area (TPSA) is 173 Å². The number of fused-ring (bicyclic) bond motifs is 1. The Balaban J connectivity index is 1.12. The number of nitrogens with zero attached hydrogens (tertiary/aromatic N) is 2. The van der Waals surface area contributed by atoms with Crippen LogP contribution >= 0.6 is 0 Å². The number of imide groups is 2. The molecule has 0 saturated carbocycles. The monoisotopic (exact) mass is 601 g/mol. The lowest BCUT2D eigenvalue weighted by molar-refractivity contribution is -0.136. The Morgan fingerprint density at radius 3 is 2.47 bits per heavy atom. The van der Waals surface area contributed by atoms with E-state index in [0.717, 1.165) is 37.4 Å². The standard InChI is InChI=1S/C29H39N5O9/c1-29(2,3)43-28(40)31-18-9-12-33(13-10-18)14-16-41-15-11-30-23(36)17-42-21-6-4-5-19-24(21)27(39)34(26(19)38)20-7-8-22(35)32-25(20)37/h4-6,18,20H,7-17H2,1-3H3,(H,30,36)(H,31,40)(H,32,35,37). The number of hydrogen-bond donors (Lipinski definition) is 3. The van der Waals surface area contributed by atoms with Crippen LogP contribution in [0.1, 0.15) is 67.2 Å². The third-order valence-corrected chi connectivity index (χ3v) is 7.22. The molecule has 6 amide bonds. The predicted molar refractivity (Wildman–Crippen MR) is 151 cm³/mol. The van der Waals surface area contributed by atoms with Gasteiger partial charge in [0.15, 0.2) is 6.61 Å². The van der Waals surface area contributed by atoms with Gasteiger partial charge >= 0.3 is 6.09 Å². The van der Waals surface area contributed by atoms with Gasteiger partial charge in [-0.15, -0.1) is 0 Å². The molecule has 2 saturated heterocycles. The first kappa shape index (κ1) is 31.9. The van der Waals surface area contributed by atoms with Crippen LogP contribution in [0, 0.1) is 0 Å². The molecule has 1 aromatic carbocycles. The lowest BCUT2D eigenvalue weighted by Gasteiger charge is -2.32. The van der Waals surface area contributed by atoms with Crippen LogP contribution in [-0.4, -0.2) is 109 Å². The highest BCUT2D eigenvalue weighted by atomic mass is 16.6. The van der Waals surface area contributed by atoms with Gasteiger partial charge in [-0.2, -0.15) is 0 Å². The van der Waals surface area contributed by atoms with Crippen molar-refractivity contribution in [2.45, 2.75) is 64.1 Å². The van der Waals surface area contributed by atoms with Gasteiger partial charge < -0.3 is 29.7 Å². The first-order valence-electron chi connectivity index (χ1n) is 14.5. The fourth-order valence-electron chi connectivity index (χ4n) is 5.13. The van der Waals surface area contributed by atoms with Crippen molar-refractivity contribution in [3.05, 3.63) is 29.3 Å². The Kier molecular flexibility index (Phi) is 10.3. The predicted octanol–water partition coefficient (Wildman–Crippen LogP) is 0.589. The van der Waals surface area contributed by atoms with E-state index < -0.39 is 47.3 Å². The van der Waals surface area contributed by atoms with E-state index in [1.165, 1.54) is 18.2 Å². The van der Waals surface area contributed by atoms with Gasteiger partial charge in [0.1, 0.15) is 17.4 Å². The van der Waals surface area contributed by atoms with Crippen LogP contribution in [-0.2, 0) is 23.9 Å². The second-order valence-electron chi connectivity index (χ2n) is 11.6. The maximum atomic E-state index is 13.1. The lowest BCUT2D eigenvalue weighted by atomic mass is 10.0. The molecule has 0 aromatic heterocycles. The quantitative estimate of drug-likeness (QED) is 0.241. The summed E-state index contributed by atoms with van der Waals surface area (Å²) in [6, 6.07) is 3.46. The van der Waals surface area contributed by atoms with Crippen LogP contribution in [0.4, 0.5) is 4.79 Å². The van der Waals surface area contributed by atoms with Crippen LogP contribution < -0.4 is 20.7 Å². The summed E-state index contributed by atoms with van der Waals surface area (Å²) in [6.07, 6.45) is 1.32. The number of alkyl carbamates (subject to hydrolysis) is 1. The van der Waals surface area contributed by atoms with Gasteiger partial charge in [-0.25, -0.2) is 4.79 Å². The fourth-order valence-corrected chi connectivity index (χ4v) is 5.13. The summed E-state index contributed by atoms with van der Waals surface area (Å²) < 4.78 is 16.5. The van der Waals surface area contributed by atoms with E-state index in [2.05, 4.69) is 20.9 Å². The van der Waals surface area contributed by atoms with Crippen LogP contribution in [0.5, 0.6) is 5.75 Å². The zero-order valence-electron chi connectivity index (χ0n) is 24.7. The van der Waals surface area contributed by atoms with E-state index in [4.69, 9.17) is 14.2 Å². The minimum Gasteiger partial charge on any atom is -0.483 e. The van der Waals surface area contributed by atoms with Gasteiger partial charge in [-0.3, -0.25) is 34.2 Å². The maximum absolute atomic E-state index is 13.1. The Morgan fingerprint density at radius 1 is 1.02 bits per heavy atom. The number of nitrogens with one attached hydrogen (secondary N) is 3. The largest absolute Gasteiger partial charge is 0.483 e. The van der Waals surface area contributed by atoms with Crippen LogP contribution in [0.15, 0.2) is 18.2 Å². The summed E-state index contributed by atoms with van der Waals surface area (Å²) in [5.74, 6) is -2.89. The summed E-state index contributed by atoms with van der Waals surface area (Å²) >= 11 is 0. The maximum Gasteiger partial charge on any atom is 0.407 e. The molecular weight excluding hydrogens is 562 g/mol. The van der Waals surface area contributed by atoms with Gasteiger partial charge in [0.2, 0.25) is 11.8 Å². The Labute approximate surface area is 249 Å². The zero-order valence-corrected chi connectivity index (χ0v) is 24.7. The molecule has 234 valence electrons. The minimum absolute atomic E-state index is 0.0158. The molecule has 3 heterocycles. The van der Waals surface area contributed by atoms with Gasteiger partial charge in [0.05, 0.1) is 24.3 Å².